The summed E-state index contributed by atoms with van der Waals surface area (Å²) < 4.78 is 31.9. The lowest BCUT2D eigenvalue weighted by Gasteiger charge is -1.94. The van der Waals surface area contributed by atoms with Gasteiger partial charge in [0.15, 0.2) is 0 Å². The molecule has 0 spiro atoms. The molecule has 0 bridgehead atoms. The van der Waals surface area contributed by atoms with Gasteiger partial charge in [-0.3, -0.25) is 0 Å². The van der Waals surface area contributed by atoms with E-state index in [1.807, 2.05) is 0 Å². The highest BCUT2D eigenvalue weighted by atomic mass is 35.7. The minimum atomic E-state index is -3.80. The fraction of sp³-hybridized carbons (Fsp3) is 0.100. The van der Waals surface area contributed by atoms with E-state index in [-0.39, 0.29) is 10.7 Å². The van der Waals surface area contributed by atoms with E-state index < -0.39 is 15.0 Å². The van der Waals surface area contributed by atoms with Crippen molar-refractivity contribution in [1.29, 1.82) is 0 Å². The average molecular weight is 275 g/mol. The van der Waals surface area contributed by atoms with Gasteiger partial charge in [0.05, 0.1) is 12.0 Å². The van der Waals surface area contributed by atoms with Crippen LogP contribution in [0.25, 0.3) is 11.0 Å². The van der Waals surface area contributed by atoms with Crippen molar-refractivity contribution in [3.63, 3.8) is 0 Å². The molecule has 0 unspecified atom stereocenters. The van der Waals surface area contributed by atoms with E-state index in [0.717, 1.165) is 0 Å². The third-order valence-electron chi connectivity index (χ3n) is 2.16. The Hall–Kier alpha value is -1.53. The Labute approximate surface area is 101 Å². The molecule has 0 radical (unpaired) electrons. The zero-order valence-electron chi connectivity index (χ0n) is 8.64. The summed E-state index contributed by atoms with van der Waals surface area (Å²) in [5.41, 5.74) is 0.384. The van der Waals surface area contributed by atoms with E-state index >= 15 is 0 Å². The number of rotatable bonds is 2. The molecule has 0 N–H and O–H groups in total. The lowest BCUT2D eigenvalue weighted by atomic mass is 10.2. The maximum atomic E-state index is 11.2. The molecule has 0 atom stereocenters. The first-order chi connectivity index (χ1) is 7.91. The summed E-state index contributed by atoms with van der Waals surface area (Å²) in [6.45, 7) is 0. The van der Waals surface area contributed by atoms with Crippen LogP contribution in [0, 0.1) is 0 Å². The van der Waals surface area contributed by atoms with Crippen LogP contribution in [0.15, 0.2) is 33.6 Å². The van der Waals surface area contributed by atoms with Gasteiger partial charge in [0.25, 0.3) is 9.05 Å². The summed E-state index contributed by atoms with van der Waals surface area (Å²) >= 11 is 0. The van der Waals surface area contributed by atoms with Gasteiger partial charge >= 0.3 is 5.97 Å². The number of carbonyl (C=O) groups excluding carboxylic acids is 1. The lowest BCUT2D eigenvalue weighted by molar-refractivity contribution is 0.0567. The molecule has 0 saturated heterocycles. The third-order valence-corrected chi connectivity index (χ3v) is 3.51. The normalized spacial score (nSPS) is 11.6. The second-order valence-corrected chi connectivity index (χ2v) is 5.81. The number of ether oxygens (including phenoxy) is 1. The molecule has 0 aliphatic rings. The molecule has 1 aromatic carbocycles. The first-order valence-electron chi connectivity index (χ1n) is 4.48. The van der Waals surface area contributed by atoms with Crippen molar-refractivity contribution >= 4 is 36.7 Å². The number of carbonyl (C=O) groups is 1. The number of esters is 1. The van der Waals surface area contributed by atoms with E-state index in [1.54, 1.807) is 0 Å². The highest BCUT2D eigenvalue weighted by Crippen LogP contribution is 2.24. The molecule has 0 saturated carbocycles. The van der Waals surface area contributed by atoms with Crippen molar-refractivity contribution in [3.05, 3.63) is 30.0 Å². The average Bonchev–Trinajstić information content (AvgIpc) is 2.69. The zero-order valence-corrected chi connectivity index (χ0v) is 10.2. The minimum Gasteiger partial charge on any atom is -0.463 e. The molecule has 7 heteroatoms. The fourth-order valence-electron chi connectivity index (χ4n) is 1.37. The number of hydrogen-bond acceptors (Lipinski definition) is 5. The molecule has 0 amide bonds. The number of fused-ring (bicyclic) bond motifs is 1. The van der Waals surface area contributed by atoms with E-state index in [1.165, 1.54) is 31.4 Å². The fourth-order valence-corrected chi connectivity index (χ4v) is 2.16. The Morgan fingerprint density at radius 2 is 2.06 bits per heavy atom. The van der Waals surface area contributed by atoms with E-state index in [0.29, 0.717) is 11.0 Å². The van der Waals surface area contributed by atoms with Crippen LogP contribution >= 0.6 is 10.7 Å². The van der Waals surface area contributed by atoms with Gasteiger partial charge in [-0.1, -0.05) is 0 Å². The topological polar surface area (TPSA) is 73.6 Å². The Kier molecular flexibility index (Phi) is 2.84. The zero-order chi connectivity index (χ0) is 12.6. The maximum Gasteiger partial charge on any atom is 0.373 e. The van der Waals surface area contributed by atoms with Gasteiger partial charge in [-0.15, -0.1) is 0 Å². The molecule has 2 rings (SSSR count). The molecule has 0 aliphatic carbocycles. The van der Waals surface area contributed by atoms with Gasteiger partial charge in [-0.25, -0.2) is 13.2 Å². The molecule has 1 aromatic heterocycles. The highest BCUT2D eigenvalue weighted by molar-refractivity contribution is 8.13. The monoisotopic (exact) mass is 274 g/mol. The van der Waals surface area contributed by atoms with Gasteiger partial charge in [-0.2, -0.15) is 0 Å². The Morgan fingerprint density at radius 3 is 2.65 bits per heavy atom. The predicted octanol–water partition coefficient (Wildman–Crippen LogP) is 2.15. The summed E-state index contributed by atoms with van der Waals surface area (Å²) in [6.07, 6.45) is 0. The van der Waals surface area contributed by atoms with Crippen LogP contribution < -0.4 is 0 Å². The summed E-state index contributed by atoms with van der Waals surface area (Å²) in [6, 6.07) is 5.45. The first-order valence-corrected chi connectivity index (χ1v) is 6.79. The second-order valence-electron chi connectivity index (χ2n) is 3.24. The van der Waals surface area contributed by atoms with Crippen LogP contribution in [0.3, 0.4) is 0 Å². The Morgan fingerprint density at radius 1 is 1.35 bits per heavy atom. The molecular formula is C10H7ClO5S. The van der Waals surface area contributed by atoms with Crippen LogP contribution in [-0.4, -0.2) is 21.5 Å². The quantitative estimate of drug-likeness (QED) is 0.620. The number of hydrogen-bond donors (Lipinski definition) is 0. The molecule has 17 heavy (non-hydrogen) atoms. The molecule has 2 aromatic rings. The Bertz CT molecular complexity index is 686. The lowest BCUT2D eigenvalue weighted by Crippen LogP contribution is -1.97. The molecule has 90 valence electrons. The van der Waals surface area contributed by atoms with Gasteiger partial charge < -0.3 is 9.15 Å². The third kappa shape index (κ3) is 2.27. The van der Waals surface area contributed by atoms with Crippen molar-refractivity contribution in [2.24, 2.45) is 0 Å². The number of furan rings is 1. The number of methoxy groups -OCH3 is 1. The second kappa shape index (κ2) is 4.05. The summed E-state index contributed by atoms with van der Waals surface area (Å²) in [7, 11) is 2.64. The van der Waals surface area contributed by atoms with Gasteiger partial charge in [-0.05, 0) is 24.3 Å². The van der Waals surface area contributed by atoms with E-state index in [2.05, 4.69) is 4.74 Å². The largest absolute Gasteiger partial charge is 0.463 e. The van der Waals surface area contributed by atoms with Crippen LogP contribution in [0.1, 0.15) is 10.6 Å². The van der Waals surface area contributed by atoms with Crippen molar-refractivity contribution in [1.82, 2.24) is 0 Å². The predicted molar refractivity (Wildman–Crippen MR) is 60.6 cm³/mol. The van der Waals surface area contributed by atoms with Gasteiger partial charge in [0, 0.05) is 16.1 Å². The minimum absolute atomic E-state index is 0.00613. The van der Waals surface area contributed by atoms with Crippen molar-refractivity contribution in [2.45, 2.75) is 4.90 Å². The first kappa shape index (κ1) is 11.9. The summed E-state index contributed by atoms with van der Waals surface area (Å²) in [4.78, 5) is 11.2. The summed E-state index contributed by atoms with van der Waals surface area (Å²) in [5.74, 6) is -0.622. The van der Waals surface area contributed by atoms with Crippen molar-refractivity contribution < 1.29 is 22.4 Å². The molecule has 5 nitrogen and oxygen atoms in total. The standard InChI is InChI=1S/C10H7ClO5S/c1-15-10(12)9-5-6-4-7(17(11,13)14)2-3-8(6)16-9/h2-5H,1H3. The maximum absolute atomic E-state index is 11.2. The van der Waals surface area contributed by atoms with Gasteiger partial charge in [0.1, 0.15) is 5.58 Å². The highest BCUT2D eigenvalue weighted by Gasteiger charge is 2.15. The molecule has 1 heterocycles. The SMILES string of the molecule is COC(=O)c1cc2cc(S(=O)(=O)Cl)ccc2o1. The number of benzene rings is 1. The molecule has 0 aliphatic heterocycles. The van der Waals surface area contributed by atoms with Crippen LogP contribution in [0.4, 0.5) is 0 Å². The van der Waals surface area contributed by atoms with Gasteiger partial charge in [0.2, 0.25) is 5.76 Å². The molecule has 0 fully saturated rings. The van der Waals surface area contributed by atoms with E-state index in [4.69, 9.17) is 15.1 Å². The van der Waals surface area contributed by atoms with E-state index in [9.17, 15) is 13.2 Å². The van der Waals surface area contributed by atoms with Crippen LogP contribution in [0.2, 0.25) is 0 Å². The van der Waals surface area contributed by atoms with Crippen LogP contribution in [0.5, 0.6) is 0 Å². The molecular weight excluding hydrogens is 268 g/mol. The smallest absolute Gasteiger partial charge is 0.373 e. The van der Waals surface area contributed by atoms with Crippen molar-refractivity contribution in [3.8, 4) is 0 Å². The Balaban J connectivity index is 2.60. The van der Waals surface area contributed by atoms with Crippen molar-refractivity contribution in [2.75, 3.05) is 7.11 Å². The number of halogens is 1. The summed E-state index contributed by atoms with van der Waals surface area (Å²) in [5, 5.41) is 0.465. The van der Waals surface area contributed by atoms with Crippen LogP contribution in [-0.2, 0) is 13.8 Å².